The Kier molecular flexibility index (Phi) is 3.02. The smallest absolute Gasteiger partial charge is 0.0602 e. The monoisotopic (exact) mass is 199 g/mol. The highest BCUT2D eigenvalue weighted by Crippen LogP contribution is 2.05. The van der Waals surface area contributed by atoms with E-state index in [4.69, 9.17) is 0 Å². The number of nitrogens with zero attached hydrogens (tertiary/aromatic N) is 3. The molecule has 0 aliphatic rings. The van der Waals surface area contributed by atoms with Gasteiger partial charge in [-0.1, -0.05) is 0 Å². The summed E-state index contributed by atoms with van der Waals surface area (Å²) in [5.41, 5.74) is 3.51. The molecular formula is C12H13N3. The molecule has 0 saturated carbocycles. The zero-order valence-electron chi connectivity index (χ0n) is 8.72. The molecule has 0 atom stereocenters. The standard InChI is InChI=1S/C12H13N3/c1-10-8-12(9-14-15-10)3-2-11-4-6-13-7-5-11/h4-9H,2-3H2,1H3. The van der Waals surface area contributed by atoms with Gasteiger partial charge in [-0.05, 0) is 49.1 Å². The van der Waals surface area contributed by atoms with Gasteiger partial charge in [-0.3, -0.25) is 4.98 Å². The van der Waals surface area contributed by atoms with Crippen molar-refractivity contribution in [3.63, 3.8) is 0 Å². The van der Waals surface area contributed by atoms with Gasteiger partial charge in [-0.15, -0.1) is 0 Å². The summed E-state index contributed by atoms with van der Waals surface area (Å²) in [6.07, 6.45) is 7.50. The van der Waals surface area contributed by atoms with Gasteiger partial charge in [-0.2, -0.15) is 10.2 Å². The summed E-state index contributed by atoms with van der Waals surface area (Å²) in [4.78, 5) is 3.99. The third-order valence-corrected chi connectivity index (χ3v) is 2.29. The van der Waals surface area contributed by atoms with E-state index in [9.17, 15) is 0 Å². The zero-order chi connectivity index (χ0) is 10.5. The van der Waals surface area contributed by atoms with E-state index in [0.29, 0.717) is 0 Å². The van der Waals surface area contributed by atoms with E-state index in [1.165, 1.54) is 11.1 Å². The topological polar surface area (TPSA) is 38.7 Å². The molecule has 3 heteroatoms. The number of pyridine rings is 1. The van der Waals surface area contributed by atoms with Crippen LogP contribution in [0.1, 0.15) is 16.8 Å². The Labute approximate surface area is 89.2 Å². The highest BCUT2D eigenvalue weighted by Gasteiger charge is 1.96. The molecule has 3 nitrogen and oxygen atoms in total. The van der Waals surface area contributed by atoms with Gasteiger partial charge in [0, 0.05) is 12.4 Å². The lowest BCUT2D eigenvalue weighted by molar-refractivity contribution is 0.898. The minimum atomic E-state index is 0.974. The molecular weight excluding hydrogens is 186 g/mol. The highest BCUT2D eigenvalue weighted by molar-refractivity contribution is 5.16. The molecule has 2 rings (SSSR count). The van der Waals surface area contributed by atoms with Crippen molar-refractivity contribution in [3.05, 3.63) is 53.6 Å². The van der Waals surface area contributed by atoms with Crippen LogP contribution in [0.2, 0.25) is 0 Å². The van der Waals surface area contributed by atoms with Crippen LogP contribution >= 0.6 is 0 Å². The molecule has 76 valence electrons. The normalized spacial score (nSPS) is 10.2. The maximum atomic E-state index is 3.99. The lowest BCUT2D eigenvalue weighted by Gasteiger charge is -2.01. The van der Waals surface area contributed by atoms with Crippen LogP contribution in [-0.4, -0.2) is 15.2 Å². The second-order valence-corrected chi connectivity index (χ2v) is 3.56. The van der Waals surface area contributed by atoms with Crippen LogP contribution in [0.5, 0.6) is 0 Å². The van der Waals surface area contributed by atoms with Crippen molar-refractivity contribution in [2.45, 2.75) is 19.8 Å². The third kappa shape index (κ3) is 2.84. The van der Waals surface area contributed by atoms with Gasteiger partial charge in [0.2, 0.25) is 0 Å². The Balaban J connectivity index is 1.99. The first kappa shape index (κ1) is 9.77. The maximum Gasteiger partial charge on any atom is 0.0602 e. The average Bonchev–Trinajstić information content (AvgIpc) is 2.28. The summed E-state index contributed by atoms with van der Waals surface area (Å²) >= 11 is 0. The maximum absolute atomic E-state index is 3.99. The molecule has 0 unspecified atom stereocenters. The molecule has 2 heterocycles. The van der Waals surface area contributed by atoms with E-state index < -0.39 is 0 Å². The predicted molar refractivity (Wildman–Crippen MR) is 58.4 cm³/mol. The molecule has 0 N–H and O–H groups in total. The van der Waals surface area contributed by atoms with E-state index in [1.54, 1.807) is 0 Å². The first-order chi connectivity index (χ1) is 7.34. The fourth-order valence-electron chi connectivity index (χ4n) is 1.50. The van der Waals surface area contributed by atoms with Crippen LogP contribution in [0.4, 0.5) is 0 Å². The lowest BCUT2D eigenvalue weighted by Crippen LogP contribution is -1.95. The Morgan fingerprint density at radius 1 is 1.07 bits per heavy atom. The van der Waals surface area contributed by atoms with Crippen molar-refractivity contribution in [1.29, 1.82) is 0 Å². The molecule has 15 heavy (non-hydrogen) atoms. The fourth-order valence-corrected chi connectivity index (χ4v) is 1.50. The minimum absolute atomic E-state index is 0.974. The van der Waals surface area contributed by atoms with Gasteiger partial charge in [0.15, 0.2) is 0 Å². The summed E-state index contributed by atoms with van der Waals surface area (Å²) in [6, 6.07) is 6.16. The number of aryl methyl sites for hydroxylation is 3. The van der Waals surface area contributed by atoms with Crippen LogP contribution in [0, 0.1) is 6.92 Å². The Morgan fingerprint density at radius 2 is 1.80 bits per heavy atom. The van der Waals surface area contributed by atoms with Gasteiger partial charge in [0.05, 0.1) is 11.9 Å². The van der Waals surface area contributed by atoms with Crippen molar-refractivity contribution in [2.24, 2.45) is 0 Å². The Hall–Kier alpha value is -1.77. The molecule has 0 saturated heterocycles. The largest absolute Gasteiger partial charge is 0.265 e. The van der Waals surface area contributed by atoms with Crippen LogP contribution in [0.25, 0.3) is 0 Å². The second-order valence-electron chi connectivity index (χ2n) is 3.56. The van der Waals surface area contributed by atoms with E-state index in [-0.39, 0.29) is 0 Å². The summed E-state index contributed by atoms with van der Waals surface area (Å²) < 4.78 is 0. The summed E-state index contributed by atoms with van der Waals surface area (Å²) in [7, 11) is 0. The molecule has 2 aromatic rings. The first-order valence-electron chi connectivity index (χ1n) is 5.02. The van der Waals surface area contributed by atoms with Crippen LogP contribution in [-0.2, 0) is 12.8 Å². The fraction of sp³-hybridized carbons (Fsp3) is 0.250. The summed E-state index contributed by atoms with van der Waals surface area (Å²) in [6.45, 7) is 1.96. The molecule has 0 aliphatic heterocycles. The van der Waals surface area contributed by atoms with E-state index in [0.717, 1.165) is 18.5 Å². The van der Waals surface area contributed by atoms with Gasteiger partial charge >= 0.3 is 0 Å². The Bertz CT molecular complexity index is 426. The zero-order valence-corrected chi connectivity index (χ0v) is 8.72. The number of hydrogen-bond donors (Lipinski definition) is 0. The number of rotatable bonds is 3. The van der Waals surface area contributed by atoms with Gasteiger partial charge in [0.1, 0.15) is 0 Å². The summed E-state index contributed by atoms with van der Waals surface area (Å²) in [5.74, 6) is 0. The van der Waals surface area contributed by atoms with Crippen molar-refractivity contribution in [2.75, 3.05) is 0 Å². The molecule has 0 aliphatic carbocycles. The van der Waals surface area contributed by atoms with Gasteiger partial charge in [-0.25, -0.2) is 0 Å². The quantitative estimate of drug-likeness (QED) is 0.758. The molecule has 0 fully saturated rings. The molecule has 0 spiro atoms. The number of hydrogen-bond acceptors (Lipinski definition) is 3. The number of aromatic nitrogens is 3. The Morgan fingerprint density at radius 3 is 2.53 bits per heavy atom. The van der Waals surface area contributed by atoms with Crippen LogP contribution in [0.3, 0.4) is 0 Å². The third-order valence-electron chi connectivity index (χ3n) is 2.29. The summed E-state index contributed by atoms with van der Waals surface area (Å²) in [5, 5.41) is 7.87. The second kappa shape index (κ2) is 4.64. The van der Waals surface area contributed by atoms with Crippen molar-refractivity contribution in [3.8, 4) is 0 Å². The molecule has 2 aromatic heterocycles. The van der Waals surface area contributed by atoms with E-state index >= 15 is 0 Å². The van der Waals surface area contributed by atoms with Crippen molar-refractivity contribution in [1.82, 2.24) is 15.2 Å². The van der Waals surface area contributed by atoms with E-state index in [2.05, 4.69) is 21.2 Å². The van der Waals surface area contributed by atoms with Gasteiger partial charge in [0.25, 0.3) is 0 Å². The molecule has 0 bridgehead atoms. The molecule has 0 amide bonds. The molecule has 0 radical (unpaired) electrons. The minimum Gasteiger partial charge on any atom is -0.265 e. The van der Waals surface area contributed by atoms with Crippen LogP contribution in [0.15, 0.2) is 36.8 Å². The first-order valence-corrected chi connectivity index (χ1v) is 5.02. The van der Waals surface area contributed by atoms with Crippen molar-refractivity contribution >= 4 is 0 Å². The predicted octanol–water partition coefficient (Wildman–Crippen LogP) is 1.97. The van der Waals surface area contributed by atoms with Crippen molar-refractivity contribution < 1.29 is 0 Å². The molecule has 0 aromatic carbocycles. The lowest BCUT2D eigenvalue weighted by atomic mass is 10.1. The van der Waals surface area contributed by atoms with E-state index in [1.807, 2.05) is 37.6 Å². The highest BCUT2D eigenvalue weighted by atomic mass is 15.1. The SMILES string of the molecule is Cc1cc(CCc2ccncc2)cnn1. The van der Waals surface area contributed by atoms with Crippen LogP contribution < -0.4 is 0 Å². The average molecular weight is 199 g/mol. The van der Waals surface area contributed by atoms with Gasteiger partial charge < -0.3 is 0 Å².